The summed E-state index contributed by atoms with van der Waals surface area (Å²) < 4.78 is 54.6. The molecule has 2 aromatic heterocycles. The van der Waals surface area contributed by atoms with E-state index in [9.17, 15) is 22.5 Å². The first-order chi connectivity index (χ1) is 15.8. The van der Waals surface area contributed by atoms with Crippen molar-refractivity contribution in [3.05, 3.63) is 47.7 Å². The number of rotatable bonds is 9. The van der Waals surface area contributed by atoms with Gasteiger partial charge >= 0.3 is 0 Å². The molecule has 1 aliphatic rings. The van der Waals surface area contributed by atoms with Gasteiger partial charge in [0.2, 0.25) is 10.0 Å². The Hall–Kier alpha value is -2.83. The van der Waals surface area contributed by atoms with E-state index in [-0.39, 0.29) is 4.90 Å². The van der Waals surface area contributed by atoms with Crippen LogP contribution in [0.25, 0.3) is 22.3 Å². The number of hydrogen-bond acceptors (Lipinski definition) is 4. The molecule has 1 aliphatic carbocycles. The Balaban J connectivity index is 1.81. The third-order valence-corrected chi connectivity index (χ3v) is 7.49. The van der Waals surface area contributed by atoms with Gasteiger partial charge in [0, 0.05) is 18.1 Å². The van der Waals surface area contributed by atoms with E-state index < -0.39 is 29.4 Å². The van der Waals surface area contributed by atoms with E-state index in [1.54, 1.807) is 0 Å². The minimum absolute atomic E-state index is 0.191. The summed E-state index contributed by atoms with van der Waals surface area (Å²) in [6, 6.07) is 9.87. The van der Waals surface area contributed by atoms with Gasteiger partial charge in [-0.05, 0) is 48.4 Å². The number of hydrogen-bond donors (Lipinski definition) is 1. The van der Waals surface area contributed by atoms with Crippen molar-refractivity contribution in [3.8, 4) is 17.5 Å². The standard InChI is InChI=1S/C24H26F2N4O2S/c1-15(2)17-5-7-20-21(12-27)24(30(23(20)9-17)14-16-3-4-16)22-8-6-19(13-28-22)33(31,32)29-18(10-25)11-26/h5-9,13,15-16,18,29H,3-4,10-11,14H2,1-2H3. The van der Waals surface area contributed by atoms with Crippen LogP contribution in [-0.4, -0.2) is 37.4 Å². The van der Waals surface area contributed by atoms with Crippen LogP contribution in [0, 0.1) is 17.2 Å². The average Bonchev–Trinajstić information content (AvgIpc) is 3.58. The molecule has 3 aromatic rings. The molecule has 0 aliphatic heterocycles. The highest BCUT2D eigenvalue weighted by atomic mass is 32.2. The van der Waals surface area contributed by atoms with Crippen molar-refractivity contribution in [2.45, 2.75) is 50.1 Å². The van der Waals surface area contributed by atoms with Gasteiger partial charge < -0.3 is 4.57 Å². The lowest BCUT2D eigenvalue weighted by atomic mass is 10.0. The second kappa shape index (κ2) is 9.20. The Morgan fingerprint density at radius 3 is 2.48 bits per heavy atom. The fourth-order valence-electron chi connectivity index (χ4n) is 3.92. The molecule has 0 amide bonds. The number of pyridine rings is 1. The first kappa shape index (κ1) is 23.3. The van der Waals surface area contributed by atoms with Crippen LogP contribution in [0.4, 0.5) is 8.78 Å². The molecule has 2 heterocycles. The molecule has 0 bridgehead atoms. The minimum atomic E-state index is -4.12. The van der Waals surface area contributed by atoms with Crippen molar-refractivity contribution in [2.75, 3.05) is 13.3 Å². The molecule has 33 heavy (non-hydrogen) atoms. The fourth-order valence-corrected chi connectivity index (χ4v) is 5.06. The Labute approximate surface area is 192 Å². The van der Waals surface area contributed by atoms with Crippen molar-refractivity contribution < 1.29 is 17.2 Å². The first-order valence-corrected chi connectivity index (χ1v) is 12.4. The number of nitrogens with one attached hydrogen (secondary N) is 1. The minimum Gasteiger partial charge on any atom is -0.338 e. The van der Waals surface area contributed by atoms with E-state index in [4.69, 9.17) is 0 Å². The molecule has 174 valence electrons. The van der Waals surface area contributed by atoms with E-state index in [0.717, 1.165) is 36.5 Å². The highest BCUT2D eigenvalue weighted by Gasteiger charge is 2.28. The summed E-state index contributed by atoms with van der Waals surface area (Å²) in [6.45, 7) is 2.70. The zero-order valence-electron chi connectivity index (χ0n) is 18.6. The van der Waals surface area contributed by atoms with Crippen LogP contribution in [-0.2, 0) is 16.6 Å². The van der Waals surface area contributed by atoms with Gasteiger partial charge in [0.25, 0.3) is 0 Å². The molecule has 4 rings (SSSR count). The number of alkyl halides is 2. The van der Waals surface area contributed by atoms with E-state index >= 15 is 0 Å². The summed E-state index contributed by atoms with van der Waals surface area (Å²) in [5.74, 6) is 0.871. The highest BCUT2D eigenvalue weighted by Crippen LogP contribution is 2.39. The molecule has 9 heteroatoms. The van der Waals surface area contributed by atoms with Gasteiger partial charge in [-0.1, -0.05) is 26.0 Å². The second-order valence-electron chi connectivity index (χ2n) is 8.83. The maximum absolute atomic E-state index is 12.8. The van der Waals surface area contributed by atoms with Crippen LogP contribution in [0.1, 0.15) is 43.7 Å². The van der Waals surface area contributed by atoms with Crippen LogP contribution in [0.5, 0.6) is 0 Å². The van der Waals surface area contributed by atoms with Gasteiger partial charge in [0.15, 0.2) is 0 Å². The molecule has 0 atom stereocenters. The van der Waals surface area contributed by atoms with E-state index in [1.165, 1.54) is 17.7 Å². The number of benzene rings is 1. The number of halogens is 2. The van der Waals surface area contributed by atoms with Gasteiger partial charge in [-0.15, -0.1) is 0 Å². The summed E-state index contributed by atoms with van der Waals surface area (Å²) >= 11 is 0. The molecular formula is C24H26F2N4O2S. The van der Waals surface area contributed by atoms with Crippen LogP contribution in [0.15, 0.2) is 41.4 Å². The molecule has 1 fully saturated rings. The van der Waals surface area contributed by atoms with Crippen molar-refractivity contribution >= 4 is 20.9 Å². The number of sulfonamides is 1. The lowest BCUT2D eigenvalue weighted by molar-refractivity contribution is 0.334. The number of nitrogens with zero attached hydrogens (tertiary/aromatic N) is 3. The second-order valence-corrected chi connectivity index (χ2v) is 10.5. The number of nitriles is 1. The van der Waals surface area contributed by atoms with Gasteiger partial charge in [0.05, 0.1) is 28.5 Å². The predicted octanol–water partition coefficient (Wildman–Crippen LogP) is 4.69. The molecule has 6 nitrogen and oxygen atoms in total. The summed E-state index contributed by atoms with van der Waals surface area (Å²) in [6.07, 6.45) is 3.42. The molecule has 0 radical (unpaired) electrons. The Morgan fingerprint density at radius 2 is 1.94 bits per heavy atom. The zero-order valence-corrected chi connectivity index (χ0v) is 19.4. The summed E-state index contributed by atoms with van der Waals surface area (Å²) in [7, 11) is -4.12. The topological polar surface area (TPSA) is 87.8 Å². The molecular weight excluding hydrogens is 446 g/mol. The van der Waals surface area contributed by atoms with Gasteiger partial charge in [0.1, 0.15) is 24.3 Å². The summed E-state index contributed by atoms with van der Waals surface area (Å²) in [5.41, 5.74) is 3.76. The maximum Gasteiger partial charge on any atom is 0.242 e. The average molecular weight is 473 g/mol. The molecule has 1 N–H and O–H groups in total. The Bertz CT molecular complexity index is 1300. The fraction of sp³-hybridized carbons (Fsp3) is 0.417. The predicted molar refractivity (Wildman–Crippen MR) is 123 cm³/mol. The van der Waals surface area contributed by atoms with Gasteiger partial charge in [-0.3, -0.25) is 4.98 Å². The third-order valence-electron chi connectivity index (χ3n) is 5.99. The lowest BCUT2D eigenvalue weighted by Crippen LogP contribution is -2.37. The normalized spacial score (nSPS) is 14.3. The largest absolute Gasteiger partial charge is 0.338 e. The Morgan fingerprint density at radius 1 is 1.21 bits per heavy atom. The molecule has 1 saturated carbocycles. The smallest absolute Gasteiger partial charge is 0.242 e. The van der Waals surface area contributed by atoms with Crippen LogP contribution >= 0.6 is 0 Å². The maximum atomic E-state index is 12.8. The van der Waals surface area contributed by atoms with Crippen LogP contribution in [0.2, 0.25) is 0 Å². The van der Waals surface area contributed by atoms with Crippen LogP contribution in [0.3, 0.4) is 0 Å². The van der Waals surface area contributed by atoms with Crippen molar-refractivity contribution in [2.24, 2.45) is 5.92 Å². The van der Waals surface area contributed by atoms with Gasteiger partial charge in [-0.2, -0.15) is 5.26 Å². The third kappa shape index (κ3) is 4.63. The molecule has 0 unspecified atom stereocenters. The first-order valence-electron chi connectivity index (χ1n) is 11.0. The Kier molecular flexibility index (Phi) is 6.50. The summed E-state index contributed by atoms with van der Waals surface area (Å²) in [4.78, 5) is 4.15. The van der Waals surface area contributed by atoms with Gasteiger partial charge in [-0.25, -0.2) is 21.9 Å². The lowest BCUT2D eigenvalue weighted by Gasteiger charge is -2.13. The zero-order chi connectivity index (χ0) is 23.8. The molecule has 0 spiro atoms. The quantitative estimate of drug-likeness (QED) is 0.489. The van der Waals surface area contributed by atoms with Crippen molar-refractivity contribution in [3.63, 3.8) is 0 Å². The summed E-state index contributed by atoms with van der Waals surface area (Å²) in [5, 5.41) is 10.8. The monoisotopic (exact) mass is 472 g/mol. The molecule has 0 saturated heterocycles. The van der Waals surface area contributed by atoms with E-state index in [1.807, 2.05) is 16.9 Å². The van der Waals surface area contributed by atoms with Crippen molar-refractivity contribution in [1.29, 1.82) is 5.26 Å². The van der Waals surface area contributed by atoms with Crippen LogP contribution < -0.4 is 4.72 Å². The number of aromatic nitrogens is 2. The number of fused-ring (bicyclic) bond motifs is 1. The van der Waals surface area contributed by atoms with Crippen molar-refractivity contribution in [1.82, 2.24) is 14.3 Å². The SMILES string of the molecule is CC(C)c1ccc2c(C#N)c(-c3ccc(S(=O)(=O)NC(CF)CF)cn3)n(CC3CC3)c2c1. The van der Waals surface area contributed by atoms with E-state index in [0.29, 0.717) is 28.8 Å². The van der Waals surface area contributed by atoms with E-state index in [2.05, 4.69) is 35.5 Å². The molecule has 1 aromatic carbocycles. The highest BCUT2D eigenvalue weighted by molar-refractivity contribution is 7.89.